The van der Waals surface area contributed by atoms with Crippen molar-refractivity contribution in [2.45, 2.75) is 40.0 Å². The zero-order chi connectivity index (χ0) is 22.4. The molecule has 0 aliphatic heterocycles. The van der Waals surface area contributed by atoms with Crippen LogP contribution in [0.4, 0.5) is 5.69 Å². The van der Waals surface area contributed by atoms with Gasteiger partial charge in [-0.2, -0.15) is 5.10 Å². The van der Waals surface area contributed by atoms with Crippen molar-refractivity contribution in [3.63, 3.8) is 0 Å². The number of anilines is 1. The van der Waals surface area contributed by atoms with E-state index in [-0.39, 0.29) is 17.7 Å². The van der Waals surface area contributed by atoms with Gasteiger partial charge in [0.15, 0.2) is 5.69 Å². The van der Waals surface area contributed by atoms with Crippen molar-refractivity contribution in [2.75, 3.05) is 5.32 Å². The lowest BCUT2D eigenvalue weighted by Crippen LogP contribution is -2.17. The van der Waals surface area contributed by atoms with E-state index in [1.165, 1.54) is 0 Å². The van der Waals surface area contributed by atoms with Crippen molar-refractivity contribution in [3.8, 4) is 5.75 Å². The van der Waals surface area contributed by atoms with E-state index in [4.69, 9.17) is 9.47 Å². The van der Waals surface area contributed by atoms with E-state index in [1.54, 1.807) is 42.9 Å². The Kier molecular flexibility index (Phi) is 7.46. The summed E-state index contributed by atoms with van der Waals surface area (Å²) in [6.07, 6.45) is 1.33. The minimum atomic E-state index is -0.575. The first-order valence-corrected chi connectivity index (χ1v) is 10.7. The number of hydrogen-bond donors (Lipinski definition) is 1. The molecule has 8 heteroatoms. The number of carbonyl (C=O) groups excluding carboxylic acids is 2. The summed E-state index contributed by atoms with van der Waals surface area (Å²) < 4.78 is 13.5. The Morgan fingerprint density at radius 1 is 1.16 bits per heavy atom. The molecular formula is C23H24BrN3O4. The van der Waals surface area contributed by atoms with Gasteiger partial charge in [-0.1, -0.05) is 34.1 Å². The number of carbonyl (C=O) groups is 2. The molecule has 7 nitrogen and oxygen atoms in total. The van der Waals surface area contributed by atoms with Crippen LogP contribution in [-0.4, -0.2) is 27.8 Å². The predicted octanol–water partition coefficient (Wildman–Crippen LogP) is 5.06. The summed E-state index contributed by atoms with van der Waals surface area (Å²) >= 11 is 3.41. The maximum absolute atomic E-state index is 12.8. The van der Waals surface area contributed by atoms with Crippen molar-refractivity contribution >= 4 is 33.5 Å². The van der Waals surface area contributed by atoms with Gasteiger partial charge in [-0.15, -0.1) is 0 Å². The number of ether oxygens (including phenoxy) is 2. The molecule has 31 heavy (non-hydrogen) atoms. The van der Waals surface area contributed by atoms with Crippen LogP contribution in [0.2, 0.25) is 0 Å². The molecule has 0 atom stereocenters. The van der Waals surface area contributed by atoms with E-state index in [0.717, 1.165) is 15.8 Å². The molecule has 0 unspecified atom stereocenters. The second-order valence-corrected chi connectivity index (χ2v) is 8.02. The first-order valence-electron chi connectivity index (χ1n) is 9.92. The summed E-state index contributed by atoms with van der Waals surface area (Å²) in [5.74, 6) is -0.197. The highest BCUT2D eigenvalue weighted by molar-refractivity contribution is 9.10. The Hall–Kier alpha value is -3.13. The predicted molar refractivity (Wildman–Crippen MR) is 121 cm³/mol. The minimum absolute atomic E-state index is 0.0815. The molecule has 0 aliphatic carbocycles. The highest BCUT2D eigenvalue weighted by atomic mass is 79.9. The van der Waals surface area contributed by atoms with Gasteiger partial charge in [-0.3, -0.25) is 9.48 Å². The quantitative estimate of drug-likeness (QED) is 0.450. The smallest absolute Gasteiger partial charge is 0.361 e. The maximum Gasteiger partial charge on any atom is 0.361 e. The summed E-state index contributed by atoms with van der Waals surface area (Å²) in [5, 5.41) is 6.99. The standard InChI is InChI=1S/C23H24BrN3O4/c1-4-27-13-20(21(26-27)23(29)31-15(2)3)25-22(28)17-8-5-7-16(11-17)14-30-19-10-6-9-18(24)12-19/h5-13,15H,4,14H2,1-3H3,(H,25,28). The summed E-state index contributed by atoms with van der Waals surface area (Å²) in [7, 11) is 0. The Balaban J connectivity index is 1.73. The molecule has 0 aliphatic rings. The van der Waals surface area contributed by atoms with Crippen molar-refractivity contribution in [2.24, 2.45) is 0 Å². The van der Waals surface area contributed by atoms with Gasteiger partial charge >= 0.3 is 5.97 Å². The average Bonchev–Trinajstić information content (AvgIpc) is 3.15. The highest BCUT2D eigenvalue weighted by Crippen LogP contribution is 2.20. The van der Waals surface area contributed by atoms with E-state index in [0.29, 0.717) is 24.4 Å². The van der Waals surface area contributed by atoms with Gasteiger partial charge < -0.3 is 14.8 Å². The van der Waals surface area contributed by atoms with Gasteiger partial charge in [0, 0.05) is 22.8 Å². The van der Waals surface area contributed by atoms with Crippen LogP contribution < -0.4 is 10.1 Å². The molecule has 3 aromatic rings. The fourth-order valence-corrected chi connectivity index (χ4v) is 3.19. The molecule has 1 aromatic heterocycles. The summed E-state index contributed by atoms with van der Waals surface area (Å²) in [5.41, 5.74) is 1.69. The molecule has 0 bridgehead atoms. The van der Waals surface area contributed by atoms with Crippen LogP contribution in [0.3, 0.4) is 0 Å². The summed E-state index contributed by atoms with van der Waals surface area (Å²) in [6.45, 7) is 6.28. The molecule has 1 heterocycles. The second kappa shape index (κ2) is 10.3. The molecule has 3 rings (SSSR count). The lowest BCUT2D eigenvalue weighted by atomic mass is 10.1. The number of aryl methyl sites for hydroxylation is 1. The zero-order valence-corrected chi connectivity index (χ0v) is 19.2. The van der Waals surface area contributed by atoms with E-state index in [9.17, 15) is 9.59 Å². The van der Waals surface area contributed by atoms with Crippen LogP contribution in [-0.2, 0) is 17.9 Å². The van der Waals surface area contributed by atoms with Gasteiger partial charge in [0.25, 0.3) is 5.91 Å². The third-order valence-corrected chi connectivity index (χ3v) is 4.75. The number of hydrogen-bond acceptors (Lipinski definition) is 5. The Labute approximate surface area is 189 Å². The zero-order valence-electron chi connectivity index (χ0n) is 17.6. The number of aromatic nitrogens is 2. The van der Waals surface area contributed by atoms with Crippen LogP contribution in [0, 0.1) is 0 Å². The lowest BCUT2D eigenvalue weighted by Gasteiger charge is -2.10. The first kappa shape index (κ1) is 22.6. The number of amides is 1. The second-order valence-electron chi connectivity index (χ2n) is 7.10. The van der Waals surface area contributed by atoms with Gasteiger partial charge in [0.1, 0.15) is 12.4 Å². The van der Waals surface area contributed by atoms with Crippen molar-refractivity contribution in [3.05, 3.63) is 76.0 Å². The SMILES string of the molecule is CCn1cc(NC(=O)c2cccc(COc3cccc(Br)c3)c2)c(C(=O)OC(C)C)n1. The normalized spacial score (nSPS) is 10.7. The Morgan fingerprint density at radius 2 is 1.94 bits per heavy atom. The molecule has 0 saturated heterocycles. The molecule has 2 aromatic carbocycles. The number of esters is 1. The largest absolute Gasteiger partial charge is 0.489 e. The van der Waals surface area contributed by atoms with Gasteiger partial charge in [0.2, 0.25) is 0 Å². The number of halogens is 1. The van der Waals surface area contributed by atoms with Crippen LogP contribution >= 0.6 is 15.9 Å². The number of benzene rings is 2. The van der Waals surface area contributed by atoms with Crippen molar-refractivity contribution < 1.29 is 19.1 Å². The Morgan fingerprint density at radius 3 is 2.65 bits per heavy atom. The number of nitrogens with zero attached hydrogens (tertiary/aromatic N) is 2. The van der Waals surface area contributed by atoms with E-state index < -0.39 is 5.97 Å². The summed E-state index contributed by atoms with van der Waals surface area (Å²) in [6, 6.07) is 14.7. The monoisotopic (exact) mass is 485 g/mol. The van der Waals surface area contributed by atoms with Gasteiger partial charge in [-0.05, 0) is 56.7 Å². The van der Waals surface area contributed by atoms with E-state index >= 15 is 0 Å². The molecular weight excluding hydrogens is 462 g/mol. The third-order valence-electron chi connectivity index (χ3n) is 4.26. The maximum atomic E-state index is 12.8. The highest BCUT2D eigenvalue weighted by Gasteiger charge is 2.21. The van der Waals surface area contributed by atoms with E-state index in [2.05, 4.69) is 26.3 Å². The van der Waals surface area contributed by atoms with Gasteiger partial charge in [-0.25, -0.2) is 4.79 Å². The van der Waals surface area contributed by atoms with Crippen LogP contribution in [0.5, 0.6) is 5.75 Å². The molecule has 0 saturated carbocycles. The van der Waals surface area contributed by atoms with E-state index in [1.807, 2.05) is 37.3 Å². The molecule has 0 spiro atoms. The Bertz CT molecular complexity index is 1080. The van der Waals surface area contributed by atoms with Gasteiger partial charge in [0.05, 0.1) is 11.8 Å². The topological polar surface area (TPSA) is 82.5 Å². The molecule has 1 amide bonds. The fraction of sp³-hybridized carbons (Fsp3) is 0.261. The lowest BCUT2D eigenvalue weighted by molar-refractivity contribution is 0.0371. The summed E-state index contributed by atoms with van der Waals surface area (Å²) in [4.78, 5) is 25.2. The minimum Gasteiger partial charge on any atom is -0.489 e. The molecule has 162 valence electrons. The number of rotatable bonds is 8. The first-order chi connectivity index (χ1) is 14.9. The number of nitrogens with one attached hydrogen (secondary N) is 1. The van der Waals surface area contributed by atoms with Crippen molar-refractivity contribution in [1.82, 2.24) is 9.78 Å². The third kappa shape index (κ3) is 6.18. The molecule has 0 fully saturated rings. The fourth-order valence-electron chi connectivity index (χ4n) is 2.82. The van der Waals surface area contributed by atoms with Crippen LogP contribution in [0.15, 0.2) is 59.2 Å². The molecule has 0 radical (unpaired) electrons. The van der Waals surface area contributed by atoms with Crippen LogP contribution in [0.25, 0.3) is 0 Å². The van der Waals surface area contributed by atoms with Crippen LogP contribution in [0.1, 0.15) is 47.2 Å². The average molecular weight is 486 g/mol. The molecule has 1 N–H and O–H groups in total. The van der Waals surface area contributed by atoms with Crippen molar-refractivity contribution in [1.29, 1.82) is 0 Å².